The normalized spacial score (nSPS) is 26.4. The zero-order valence-electron chi connectivity index (χ0n) is 15.4. The number of nitrogens with zero attached hydrogens (tertiary/aromatic N) is 2. The van der Waals surface area contributed by atoms with Gasteiger partial charge in [0.25, 0.3) is 0 Å². The monoisotopic (exact) mass is 358 g/mol. The van der Waals surface area contributed by atoms with Gasteiger partial charge in [-0.15, -0.1) is 0 Å². The van der Waals surface area contributed by atoms with Gasteiger partial charge in [0.05, 0.1) is 5.75 Å². The smallest absolute Gasteiger partial charge is 0.214 e. The van der Waals surface area contributed by atoms with Crippen LogP contribution < -0.4 is 10.6 Å². The maximum atomic E-state index is 12.1. The van der Waals surface area contributed by atoms with Crippen molar-refractivity contribution >= 4 is 16.0 Å². The van der Waals surface area contributed by atoms with Crippen molar-refractivity contribution in [2.75, 3.05) is 25.4 Å². The van der Waals surface area contributed by atoms with Crippen LogP contribution in [-0.4, -0.2) is 56.2 Å². The number of piperidine rings is 1. The van der Waals surface area contributed by atoms with E-state index in [2.05, 4.69) is 22.5 Å². The molecule has 2 unspecified atom stereocenters. The van der Waals surface area contributed by atoms with Crippen molar-refractivity contribution in [2.45, 2.75) is 71.4 Å². The van der Waals surface area contributed by atoms with Gasteiger partial charge in [0.2, 0.25) is 10.0 Å². The zero-order chi connectivity index (χ0) is 17.6. The molecule has 24 heavy (non-hydrogen) atoms. The molecule has 0 amide bonds. The van der Waals surface area contributed by atoms with Crippen LogP contribution in [0.15, 0.2) is 4.99 Å². The minimum atomic E-state index is -3.06. The maximum absolute atomic E-state index is 12.1. The number of guanidine groups is 1. The lowest BCUT2D eigenvalue weighted by Crippen LogP contribution is -2.50. The van der Waals surface area contributed by atoms with E-state index in [-0.39, 0.29) is 5.75 Å². The highest BCUT2D eigenvalue weighted by Crippen LogP contribution is 2.34. The number of hydrogen-bond acceptors (Lipinski definition) is 3. The van der Waals surface area contributed by atoms with Crippen LogP contribution in [-0.2, 0) is 10.0 Å². The van der Waals surface area contributed by atoms with Crippen LogP contribution in [0.2, 0.25) is 0 Å². The second-order valence-corrected chi connectivity index (χ2v) is 9.08. The SMILES string of the molecule is CCCC1CC1NC(=NCC)NC1CCN(S(=O)(=O)CCC)CC1. The van der Waals surface area contributed by atoms with E-state index in [1.54, 1.807) is 4.31 Å². The first-order valence-corrected chi connectivity index (χ1v) is 11.2. The number of sulfonamides is 1. The molecule has 1 saturated carbocycles. The Hall–Kier alpha value is -0.820. The third-order valence-electron chi connectivity index (χ3n) is 4.87. The zero-order valence-corrected chi connectivity index (χ0v) is 16.2. The molecule has 0 spiro atoms. The van der Waals surface area contributed by atoms with Crippen LogP contribution in [0.25, 0.3) is 0 Å². The minimum absolute atomic E-state index is 0.260. The average molecular weight is 359 g/mol. The summed E-state index contributed by atoms with van der Waals surface area (Å²) in [6, 6.07) is 0.868. The summed E-state index contributed by atoms with van der Waals surface area (Å²) < 4.78 is 25.9. The van der Waals surface area contributed by atoms with Gasteiger partial charge in [-0.25, -0.2) is 12.7 Å². The molecule has 0 aromatic heterocycles. The van der Waals surface area contributed by atoms with Gasteiger partial charge in [0.1, 0.15) is 0 Å². The summed E-state index contributed by atoms with van der Waals surface area (Å²) in [6.45, 7) is 8.16. The molecule has 7 heteroatoms. The van der Waals surface area contributed by atoms with Crippen molar-refractivity contribution in [1.82, 2.24) is 14.9 Å². The largest absolute Gasteiger partial charge is 0.354 e. The number of nitrogens with one attached hydrogen (secondary N) is 2. The summed E-state index contributed by atoms with van der Waals surface area (Å²) in [6.07, 6.45) is 6.13. The van der Waals surface area contributed by atoms with Crippen molar-refractivity contribution < 1.29 is 8.42 Å². The molecular formula is C17H34N4O2S. The number of aliphatic imine (C=N–C) groups is 1. The lowest BCUT2D eigenvalue weighted by Gasteiger charge is -2.32. The molecule has 0 bridgehead atoms. The Bertz CT molecular complexity index is 513. The molecule has 1 saturated heterocycles. The van der Waals surface area contributed by atoms with Crippen molar-refractivity contribution in [2.24, 2.45) is 10.9 Å². The molecule has 2 rings (SSSR count). The summed E-state index contributed by atoms with van der Waals surface area (Å²) >= 11 is 0. The van der Waals surface area contributed by atoms with E-state index in [1.807, 2.05) is 13.8 Å². The molecule has 6 nitrogen and oxygen atoms in total. The highest BCUT2D eigenvalue weighted by Gasteiger charge is 2.37. The Morgan fingerprint density at radius 3 is 2.42 bits per heavy atom. The fourth-order valence-corrected chi connectivity index (χ4v) is 4.98. The molecule has 140 valence electrons. The highest BCUT2D eigenvalue weighted by molar-refractivity contribution is 7.89. The molecule has 1 aliphatic carbocycles. The lowest BCUT2D eigenvalue weighted by molar-refractivity contribution is 0.306. The van der Waals surface area contributed by atoms with Crippen molar-refractivity contribution in [1.29, 1.82) is 0 Å². The molecule has 0 radical (unpaired) electrons. The second kappa shape index (κ2) is 9.04. The highest BCUT2D eigenvalue weighted by atomic mass is 32.2. The van der Waals surface area contributed by atoms with E-state index >= 15 is 0 Å². The first-order valence-electron chi connectivity index (χ1n) is 9.55. The van der Waals surface area contributed by atoms with Crippen molar-refractivity contribution in [3.05, 3.63) is 0 Å². The van der Waals surface area contributed by atoms with E-state index in [1.165, 1.54) is 19.3 Å². The van der Waals surface area contributed by atoms with Crippen LogP contribution in [0.3, 0.4) is 0 Å². The first-order chi connectivity index (χ1) is 11.5. The Balaban J connectivity index is 1.79. The third kappa shape index (κ3) is 5.62. The van der Waals surface area contributed by atoms with Crippen LogP contribution in [0.1, 0.15) is 59.3 Å². The fraction of sp³-hybridized carbons (Fsp3) is 0.941. The Morgan fingerprint density at radius 2 is 1.83 bits per heavy atom. The molecule has 0 aromatic rings. The Morgan fingerprint density at radius 1 is 1.12 bits per heavy atom. The summed E-state index contributed by atoms with van der Waals surface area (Å²) in [5.41, 5.74) is 0. The topological polar surface area (TPSA) is 73.8 Å². The number of hydrogen-bond donors (Lipinski definition) is 2. The quantitative estimate of drug-likeness (QED) is 0.514. The van der Waals surface area contributed by atoms with Crippen molar-refractivity contribution in [3.63, 3.8) is 0 Å². The summed E-state index contributed by atoms with van der Waals surface area (Å²) in [7, 11) is -3.06. The summed E-state index contributed by atoms with van der Waals surface area (Å²) in [5.74, 6) is 1.95. The second-order valence-electron chi connectivity index (χ2n) is 6.99. The standard InChI is InChI=1S/C17H34N4O2S/c1-4-7-14-13-16(14)20-17(18-6-3)19-15-8-10-21(11-9-15)24(22,23)12-5-2/h14-16H,4-13H2,1-3H3,(H2,18,19,20). The molecule has 0 aromatic carbocycles. The van der Waals surface area contributed by atoms with Gasteiger partial charge in [0.15, 0.2) is 5.96 Å². The molecule has 2 aliphatic rings. The van der Waals surface area contributed by atoms with Crippen LogP contribution in [0.5, 0.6) is 0 Å². The van der Waals surface area contributed by atoms with Gasteiger partial charge in [-0.3, -0.25) is 4.99 Å². The third-order valence-corrected chi connectivity index (χ3v) is 6.95. The minimum Gasteiger partial charge on any atom is -0.354 e. The van der Waals surface area contributed by atoms with Gasteiger partial charge in [-0.2, -0.15) is 0 Å². The van der Waals surface area contributed by atoms with Gasteiger partial charge in [-0.05, 0) is 44.9 Å². The molecule has 2 atom stereocenters. The van der Waals surface area contributed by atoms with Gasteiger partial charge in [0, 0.05) is 31.7 Å². The fourth-order valence-electron chi connectivity index (χ4n) is 3.44. The lowest BCUT2D eigenvalue weighted by atomic mass is 10.1. The van der Waals surface area contributed by atoms with Gasteiger partial charge < -0.3 is 10.6 Å². The van der Waals surface area contributed by atoms with Gasteiger partial charge in [-0.1, -0.05) is 20.3 Å². The summed E-state index contributed by atoms with van der Waals surface area (Å²) in [4.78, 5) is 4.55. The van der Waals surface area contributed by atoms with E-state index in [0.717, 1.165) is 31.3 Å². The van der Waals surface area contributed by atoms with E-state index in [9.17, 15) is 8.42 Å². The van der Waals surface area contributed by atoms with E-state index < -0.39 is 10.0 Å². The Labute approximate surface area is 147 Å². The van der Waals surface area contributed by atoms with Crippen LogP contribution >= 0.6 is 0 Å². The first kappa shape index (κ1) is 19.5. The Kier molecular flexibility index (Phi) is 7.34. The molecule has 2 fully saturated rings. The molecule has 1 heterocycles. The summed E-state index contributed by atoms with van der Waals surface area (Å²) in [5, 5.41) is 7.06. The van der Waals surface area contributed by atoms with E-state index in [0.29, 0.717) is 31.6 Å². The molecular weight excluding hydrogens is 324 g/mol. The predicted molar refractivity (Wildman–Crippen MR) is 99.7 cm³/mol. The molecule has 1 aliphatic heterocycles. The predicted octanol–water partition coefficient (Wildman–Crippen LogP) is 1.93. The number of rotatable bonds is 8. The van der Waals surface area contributed by atoms with Crippen LogP contribution in [0, 0.1) is 5.92 Å². The van der Waals surface area contributed by atoms with Crippen molar-refractivity contribution in [3.8, 4) is 0 Å². The van der Waals surface area contributed by atoms with E-state index in [4.69, 9.17) is 0 Å². The molecule has 2 N–H and O–H groups in total. The van der Waals surface area contributed by atoms with Gasteiger partial charge >= 0.3 is 0 Å². The maximum Gasteiger partial charge on any atom is 0.214 e. The average Bonchev–Trinajstić information content (AvgIpc) is 3.26. The van der Waals surface area contributed by atoms with Crippen LogP contribution in [0.4, 0.5) is 0 Å².